The van der Waals surface area contributed by atoms with Crippen LogP contribution in [-0.2, 0) is 6.54 Å². The van der Waals surface area contributed by atoms with Gasteiger partial charge >= 0.3 is 0 Å². The molecule has 86 valence electrons. The molecule has 1 atom stereocenters. The SMILES string of the molecule is Cc1c(Cl)sc2c1C(=O)[C@@H]1CCCCN1C2. The molecular formula is C12H14ClNOS. The molecule has 3 rings (SSSR count). The van der Waals surface area contributed by atoms with E-state index in [2.05, 4.69) is 4.90 Å². The van der Waals surface area contributed by atoms with E-state index in [0.717, 1.165) is 35.0 Å². The molecule has 0 N–H and O–H groups in total. The number of hydrogen-bond acceptors (Lipinski definition) is 3. The largest absolute Gasteiger partial charge is 0.292 e. The van der Waals surface area contributed by atoms with Gasteiger partial charge in [-0.1, -0.05) is 18.0 Å². The lowest BCUT2D eigenvalue weighted by Gasteiger charge is -2.37. The Morgan fingerprint density at radius 3 is 3.06 bits per heavy atom. The van der Waals surface area contributed by atoms with E-state index in [4.69, 9.17) is 11.6 Å². The number of fused-ring (bicyclic) bond motifs is 2. The van der Waals surface area contributed by atoms with Crippen LogP contribution in [0.2, 0.25) is 4.34 Å². The average Bonchev–Trinajstić information content (AvgIpc) is 2.55. The highest BCUT2D eigenvalue weighted by molar-refractivity contribution is 7.16. The van der Waals surface area contributed by atoms with Gasteiger partial charge in [0.05, 0.1) is 10.4 Å². The molecule has 2 aliphatic rings. The first-order chi connectivity index (χ1) is 7.68. The second kappa shape index (κ2) is 3.83. The summed E-state index contributed by atoms with van der Waals surface area (Å²) < 4.78 is 0.790. The van der Waals surface area contributed by atoms with Crippen molar-refractivity contribution in [1.29, 1.82) is 0 Å². The van der Waals surface area contributed by atoms with Crippen molar-refractivity contribution in [3.8, 4) is 0 Å². The van der Waals surface area contributed by atoms with Crippen molar-refractivity contribution in [3.05, 3.63) is 20.3 Å². The van der Waals surface area contributed by atoms with Crippen LogP contribution in [0.3, 0.4) is 0 Å². The molecule has 4 heteroatoms. The van der Waals surface area contributed by atoms with E-state index < -0.39 is 0 Å². The summed E-state index contributed by atoms with van der Waals surface area (Å²) in [4.78, 5) is 15.9. The van der Waals surface area contributed by atoms with Gasteiger partial charge in [0.15, 0.2) is 5.78 Å². The Morgan fingerprint density at radius 2 is 2.25 bits per heavy atom. The molecule has 1 fully saturated rings. The highest BCUT2D eigenvalue weighted by Gasteiger charge is 2.37. The lowest BCUT2D eigenvalue weighted by Crippen LogP contribution is -2.47. The predicted molar refractivity (Wildman–Crippen MR) is 66.4 cm³/mol. The van der Waals surface area contributed by atoms with Crippen LogP contribution >= 0.6 is 22.9 Å². The Morgan fingerprint density at radius 1 is 1.44 bits per heavy atom. The van der Waals surface area contributed by atoms with Crippen molar-refractivity contribution in [2.45, 2.75) is 38.8 Å². The number of carbonyl (C=O) groups is 1. The molecule has 0 saturated carbocycles. The minimum atomic E-state index is 0.130. The number of rotatable bonds is 0. The fraction of sp³-hybridized carbons (Fsp3) is 0.583. The number of carbonyl (C=O) groups excluding carboxylic acids is 1. The lowest BCUT2D eigenvalue weighted by molar-refractivity contribution is 0.0690. The number of hydrogen-bond donors (Lipinski definition) is 0. The summed E-state index contributed by atoms with van der Waals surface area (Å²) in [5.41, 5.74) is 1.93. The number of Topliss-reactive ketones (excluding diaryl/α,β-unsaturated/α-hetero) is 1. The molecule has 2 nitrogen and oxygen atoms in total. The van der Waals surface area contributed by atoms with Crippen molar-refractivity contribution in [2.75, 3.05) is 6.54 Å². The third kappa shape index (κ3) is 1.45. The Kier molecular flexibility index (Phi) is 2.57. The summed E-state index contributed by atoms with van der Waals surface area (Å²) >= 11 is 7.71. The Balaban J connectivity index is 2.07. The average molecular weight is 256 g/mol. The highest BCUT2D eigenvalue weighted by atomic mass is 35.5. The van der Waals surface area contributed by atoms with E-state index in [1.54, 1.807) is 11.3 Å². The maximum Gasteiger partial charge on any atom is 0.181 e. The highest BCUT2D eigenvalue weighted by Crippen LogP contribution is 2.39. The van der Waals surface area contributed by atoms with Gasteiger partial charge in [0, 0.05) is 17.0 Å². The van der Waals surface area contributed by atoms with Crippen molar-refractivity contribution >= 4 is 28.7 Å². The van der Waals surface area contributed by atoms with Crippen LogP contribution in [0.4, 0.5) is 0 Å². The summed E-state index contributed by atoms with van der Waals surface area (Å²) in [6, 6.07) is 0.130. The number of thiophene rings is 1. The predicted octanol–water partition coefficient (Wildman–Crippen LogP) is 3.26. The molecule has 3 heterocycles. The zero-order valence-corrected chi connectivity index (χ0v) is 10.8. The second-order valence-electron chi connectivity index (χ2n) is 4.65. The van der Waals surface area contributed by atoms with Gasteiger partial charge in [0.25, 0.3) is 0 Å². The Labute approximate surface area is 104 Å². The van der Waals surface area contributed by atoms with Crippen molar-refractivity contribution < 1.29 is 4.79 Å². The Bertz CT molecular complexity index is 454. The van der Waals surface area contributed by atoms with Gasteiger partial charge in [0.1, 0.15) is 0 Å². The van der Waals surface area contributed by atoms with E-state index in [1.165, 1.54) is 17.7 Å². The minimum Gasteiger partial charge on any atom is -0.292 e. The maximum atomic E-state index is 12.4. The zero-order valence-electron chi connectivity index (χ0n) is 9.25. The quantitative estimate of drug-likeness (QED) is 0.709. The van der Waals surface area contributed by atoms with Crippen molar-refractivity contribution in [3.63, 3.8) is 0 Å². The molecule has 0 radical (unpaired) electrons. The first-order valence-electron chi connectivity index (χ1n) is 5.74. The summed E-state index contributed by atoms with van der Waals surface area (Å²) in [6.07, 6.45) is 3.42. The first kappa shape index (κ1) is 10.8. The second-order valence-corrected chi connectivity index (χ2v) is 6.35. The maximum absolute atomic E-state index is 12.4. The topological polar surface area (TPSA) is 20.3 Å². The molecule has 16 heavy (non-hydrogen) atoms. The molecular weight excluding hydrogens is 242 g/mol. The molecule has 1 saturated heterocycles. The summed E-state index contributed by atoms with van der Waals surface area (Å²) in [6.45, 7) is 3.95. The lowest BCUT2D eigenvalue weighted by atomic mass is 9.89. The summed E-state index contributed by atoms with van der Waals surface area (Å²) in [5.74, 6) is 0.307. The summed E-state index contributed by atoms with van der Waals surface area (Å²) in [7, 11) is 0. The van der Waals surface area contributed by atoms with Gasteiger partial charge in [-0.25, -0.2) is 0 Å². The minimum absolute atomic E-state index is 0.130. The molecule has 0 aliphatic carbocycles. The van der Waals surface area contributed by atoms with Crippen LogP contribution in [0.25, 0.3) is 0 Å². The smallest absolute Gasteiger partial charge is 0.181 e. The van der Waals surface area contributed by atoms with E-state index in [0.29, 0.717) is 5.78 Å². The number of ketones is 1. The van der Waals surface area contributed by atoms with Gasteiger partial charge < -0.3 is 0 Å². The first-order valence-corrected chi connectivity index (χ1v) is 6.94. The summed E-state index contributed by atoms with van der Waals surface area (Å²) in [5, 5.41) is 0. The molecule has 0 spiro atoms. The van der Waals surface area contributed by atoms with Gasteiger partial charge in [-0.05, 0) is 31.9 Å². The van der Waals surface area contributed by atoms with Gasteiger partial charge in [-0.3, -0.25) is 9.69 Å². The standard InChI is InChI=1S/C12H14ClNOS/c1-7-10-9(16-12(7)13)6-14-5-3-2-4-8(14)11(10)15/h8H,2-6H2,1H3/t8-/m0/s1. The van der Waals surface area contributed by atoms with Gasteiger partial charge in [0.2, 0.25) is 0 Å². The van der Waals surface area contributed by atoms with Crippen molar-refractivity contribution in [2.24, 2.45) is 0 Å². The molecule has 0 aromatic carbocycles. The third-order valence-electron chi connectivity index (χ3n) is 3.67. The number of halogens is 1. The van der Waals surface area contributed by atoms with Crippen LogP contribution in [0, 0.1) is 6.92 Å². The van der Waals surface area contributed by atoms with E-state index in [1.807, 2.05) is 6.92 Å². The van der Waals surface area contributed by atoms with Gasteiger partial charge in [-0.15, -0.1) is 11.3 Å². The van der Waals surface area contributed by atoms with E-state index in [-0.39, 0.29) is 6.04 Å². The fourth-order valence-corrected chi connectivity index (χ4v) is 4.24. The molecule has 1 aromatic rings. The molecule has 0 bridgehead atoms. The molecule has 0 amide bonds. The fourth-order valence-electron chi connectivity index (χ4n) is 2.80. The molecule has 1 aromatic heterocycles. The van der Waals surface area contributed by atoms with E-state index in [9.17, 15) is 4.79 Å². The zero-order chi connectivity index (χ0) is 11.3. The third-order valence-corrected chi connectivity index (χ3v) is 5.25. The number of nitrogens with zero attached hydrogens (tertiary/aromatic N) is 1. The molecule has 2 aliphatic heterocycles. The number of piperidine rings is 1. The van der Waals surface area contributed by atoms with Crippen LogP contribution in [0.15, 0.2) is 0 Å². The van der Waals surface area contributed by atoms with Crippen LogP contribution in [0.5, 0.6) is 0 Å². The van der Waals surface area contributed by atoms with Gasteiger partial charge in [-0.2, -0.15) is 0 Å². The molecule has 0 unspecified atom stereocenters. The normalized spacial score (nSPS) is 25.4. The van der Waals surface area contributed by atoms with Crippen molar-refractivity contribution in [1.82, 2.24) is 4.90 Å². The van der Waals surface area contributed by atoms with E-state index >= 15 is 0 Å². The monoisotopic (exact) mass is 255 g/mol. The van der Waals surface area contributed by atoms with Crippen LogP contribution < -0.4 is 0 Å². The Hall–Kier alpha value is -0.380. The van der Waals surface area contributed by atoms with Crippen LogP contribution in [0.1, 0.15) is 40.1 Å². The van der Waals surface area contributed by atoms with Crippen LogP contribution in [-0.4, -0.2) is 23.3 Å².